The number of anilines is 2. The van der Waals surface area contributed by atoms with Crippen molar-refractivity contribution in [1.29, 1.82) is 0 Å². The minimum atomic E-state index is -0.551. The summed E-state index contributed by atoms with van der Waals surface area (Å²) < 4.78 is 11.1. The van der Waals surface area contributed by atoms with Gasteiger partial charge in [0.25, 0.3) is 11.8 Å². The fraction of sp³-hybridized carbons (Fsp3) is 0.0800. The Bertz CT molecular complexity index is 1210. The molecule has 1 heterocycles. The lowest BCUT2D eigenvalue weighted by Gasteiger charge is -2.14. The summed E-state index contributed by atoms with van der Waals surface area (Å²) in [7, 11) is 1.47. The number of imide groups is 1. The number of carbonyl (C=O) groups excluding carboxylic acids is 3. The molecule has 3 aromatic rings. The predicted octanol–water partition coefficient (Wildman–Crippen LogP) is 3.81. The van der Waals surface area contributed by atoms with Gasteiger partial charge < -0.3 is 20.1 Å². The van der Waals surface area contributed by atoms with E-state index in [2.05, 4.69) is 10.6 Å². The van der Waals surface area contributed by atoms with E-state index in [-0.39, 0.29) is 24.0 Å². The molecule has 0 spiro atoms. The number of methoxy groups -OCH3 is 1. The first-order chi connectivity index (χ1) is 16.1. The Balaban J connectivity index is 1.56. The van der Waals surface area contributed by atoms with E-state index in [1.54, 1.807) is 60.7 Å². The lowest BCUT2D eigenvalue weighted by molar-refractivity contribution is -0.118. The lowest BCUT2D eigenvalue weighted by Crippen LogP contribution is -2.30. The molecule has 0 aliphatic carbocycles. The third-order valence-electron chi connectivity index (χ3n) is 4.83. The van der Waals surface area contributed by atoms with E-state index in [9.17, 15) is 14.4 Å². The Morgan fingerprint density at radius 2 is 1.67 bits per heavy atom. The largest absolute Gasteiger partial charge is 0.493 e. The molecular formula is C25H21N3O5. The molecule has 3 aromatic carbocycles. The summed E-state index contributed by atoms with van der Waals surface area (Å²) in [4.78, 5) is 38.7. The summed E-state index contributed by atoms with van der Waals surface area (Å²) in [5.74, 6) is -0.197. The van der Waals surface area contributed by atoms with Gasteiger partial charge in [0.1, 0.15) is 5.70 Å². The van der Waals surface area contributed by atoms with Gasteiger partial charge in [-0.05, 0) is 36.4 Å². The molecule has 166 valence electrons. The number of carbonyl (C=O) groups is 3. The molecule has 0 aromatic heterocycles. The molecule has 0 atom stereocenters. The minimum Gasteiger partial charge on any atom is -0.493 e. The average Bonchev–Trinajstić information content (AvgIpc) is 3.11. The molecule has 4 rings (SSSR count). The van der Waals surface area contributed by atoms with E-state index in [1.807, 2.05) is 18.2 Å². The van der Waals surface area contributed by atoms with Gasteiger partial charge in [-0.3, -0.25) is 9.59 Å². The summed E-state index contributed by atoms with van der Waals surface area (Å²) in [6.07, 6.45) is 1.50. The Hall–Kier alpha value is -4.59. The number of para-hydroxylation sites is 3. The van der Waals surface area contributed by atoms with E-state index < -0.39 is 11.9 Å². The number of benzene rings is 3. The maximum absolute atomic E-state index is 12.9. The van der Waals surface area contributed by atoms with Crippen LogP contribution in [0.15, 0.2) is 84.6 Å². The summed E-state index contributed by atoms with van der Waals surface area (Å²) in [6.45, 7) is -0.276. The molecule has 4 amide bonds. The maximum atomic E-state index is 12.9. The van der Waals surface area contributed by atoms with Gasteiger partial charge in [0, 0.05) is 11.3 Å². The lowest BCUT2D eigenvalue weighted by atomic mass is 10.1. The van der Waals surface area contributed by atoms with Crippen LogP contribution in [0.25, 0.3) is 6.08 Å². The minimum absolute atomic E-state index is 0.0793. The van der Waals surface area contributed by atoms with Crippen LogP contribution >= 0.6 is 0 Å². The van der Waals surface area contributed by atoms with Crippen molar-refractivity contribution >= 4 is 35.3 Å². The van der Waals surface area contributed by atoms with Crippen LogP contribution in [0.3, 0.4) is 0 Å². The zero-order chi connectivity index (χ0) is 23.2. The first kappa shape index (κ1) is 21.6. The normalized spacial score (nSPS) is 14.2. The van der Waals surface area contributed by atoms with E-state index >= 15 is 0 Å². The standard InChI is InChI=1S/C25H21N3O5/c1-32-21-14-8-9-17(23(21)33-16-22(29)26-18-10-4-2-5-11-18)15-20-24(30)28(25(31)27-20)19-12-6-3-7-13-19/h2-15H,16H2,1H3,(H,26,29)(H,27,31)/b20-15+. The second-order valence-electron chi connectivity index (χ2n) is 7.05. The van der Waals surface area contributed by atoms with Gasteiger partial charge in [0.2, 0.25) is 0 Å². The molecule has 0 bridgehead atoms. The van der Waals surface area contributed by atoms with Crippen LogP contribution in [0.2, 0.25) is 0 Å². The van der Waals surface area contributed by atoms with Crippen LogP contribution in [0.5, 0.6) is 11.5 Å². The predicted molar refractivity (Wildman–Crippen MR) is 124 cm³/mol. The van der Waals surface area contributed by atoms with E-state index in [0.29, 0.717) is 22.7 Å². The Kier molecular flexibility index (Phi) is 6.36. The Morgan fingerprint density at radius 1 is 0.970 bits per heavy atom. The van der Waals surface area contributed by atoms with E-state index in [0.717, 1.165) is 4.90 Å². The molecule has 8 heteroatoms. The molecule has 33 heavy (non-hydrogen) atoms. The summed E-state index contributed by atoms with van der Waals surface area (Å²) >= 11 is 0. The van der Waals surface area contributed by atoms with E-state index in [4.69, 9.17) is 9.47 Å². The highest BCUT2D eigenvalue weighted by molar-refractivity contribution is 6.28. The highest BCUT2D eigenvalue weighted by atomic mass is 16.5. The average molecular weight is 443 g/mol. The molecule has 8 nitrogen and oxygen atoms in total. The van der Waals surface area contributed by atoms with Crippen molar-refractivity contribution in [3.05, 3.63) is 90.1 Å². The Morgan fingerprint density at radius 3 is 2.36 bits per heavy atom. The summed E-state index contributed by atoms with van der Waals surface area (Å²) in [6, 6.07) is 22.2. The second kappa shape index (κ2) is 9.69. The van der Waals surface area contributed by atoms with Crippen LogP contribution < -0.4 is 25.0 Å². The smallest absolute Gasteiger partial charge is 0.333 e. The topological polar surface area (TPSA) is 97.0 Å². The fourth-order valence-electron chi connectivity index (χ4n) is 3.32. The number of amides is 4. The molecule has 0 saturated carbocycles. The van der Waals surface area contributed by atoms with Crippen LogP contribution in [0, 0.1) is 0 Å². The zero-order valence-electron chi connectivity index (χ0n) is 17.8. The van der Waals surface area contributed by atoms with Gasteiger partial charge >= 0.3 is 6.03 Å². The number of hydrogen-bond acceptors (Lipinski definition) is 5. The summed E-state index contributed by atoms with van der Waals surface area (Å²) in [5.41, 5.74) is 1.66. The number of urea groups is 1. The van der Waals surface area contributed by atoms with E-state index in [1.165, 1.54) is 13.2 Å². The van der Waals surface area contributed by atoms with Crippen LogP contribution in [0.1, 0.15) is 5.56 Å². The fourth-order valence-corrected chi connectivity index (χ4v) is 3.32. The highest BCUT2D eigenvalue weighted by Crippen LogP contribution is 2.33. The van der Waals surface area contributed by atoms with Gasteiger partial charge in [-0.1, -0.05) is 48.5 Å². The quantitative estimate of drug-likeness (QED) is 0.428. The van der Waals surface area contributed by atoms with Gasteiger partial charge in [-0.15, -0.1) is 0 Å². The van der Waals surface area contributed by atoms with Crippen molar-refractivity contribution in [2.75, 3.05) is 23.9 Å². The molecule has 1 aliphatic rings. The monoisotopic (exact) mass is 443 g/mol. The third-order valence-corrected chi connectivity index (χ3v) is 4.83. The van der Waals surface area contributed by atoms with Gasteiger partial charge in [-0.25, -0.2) is 9.69 Å². The molecule has 1 fully saturated rings. The molecule has 0 unspecified atom stereocenters. The first-order valence-electron chi connectivity index (χ1n) is 10.1. The van der Waals surface area contributed by atoms with Gasteiger partial charge in [0.05, 0.1) is 12.8 Å². The number of rotatable bonds is 7. The molecular weight excluding hydrogens is 422 g/mol. The number of ether oxygens (including phenoxy) is 2. The summed E-state index contributed by atoms with van der Waals surface area (Å²) in [5, 5.41) is 5.33. The van der Waals surface area contributed by atoms with Crippen molar-refractivity contribution in [2.45, 2.75) is 0 Å². The van der Waals surface area contributed by atoms with Crippen molar-refractivity contribution in [1.82, 2.24) is 5.32 Å². The van der Waals surface area contributed by atoms with Crippen molar-refractivity contribution in [3.8, 4) is 11.5 Å². The zero-order valence-corrected chi connectivity index (χ0v) is 17.8. The molecule has 1 saturated heterocycles. The second-order valence-corrected chi connectivity index (χ2v) is 7.05. The highest BCUT2D eigenvalue weighted by Gasteiger charge is 2.35. The number of nitrogens with zero attached hydrogens (tertiary/aromatic N) is 1. The SMILES string of the molecule is COc1cccc(/C=C2/NC(=O)N(c3ccccc3)C2=O)c1OCC(=O)Nc1ccccc1. The third kappa shape index (κ3) is 4.85. The van der Waals surface area contributed by atoms with Crippen LogP contribution in [-0.4, -0.2) is 31.6 Å². The van der Waals surface area contributed by atoms with Gasteiger partial charge in [-0.2, -0.15) is 0 Å². The van der Waals surface area contributed by atoms with Crippen LogP contribution in [-0.2, 0) is 9.59 Å². The van der Waals surface area contributed by atoms with Crippen molar-refractivity contribution < 1.29 is 23.9 Å². The maximum Gasteiger partial charge on any atom is 0.333 e. The van der Waals surface area contributed by atoms with Gasteiger partial charge in [0.15, 0.2) is 18.1 Å². The first-order valence-corrected chi connectivity index (χ1v) is 10.1. The van der Waals surface area contributed by atoms with Crippen molar-refractivity contribution in [2.24, 2.45) is 0 Å². The molecule has 1 aliphatic heterocycles. The molecule has 2 N–H and O–H groups in total. The Labute approximate surface area is 190 Å². The number of nitrogens with one attached hydrogen (secondary N) is 2. The molecule has 0 radical (unpaired) electrons. The number of hydrogen-bond donors (Lipinski definition) is 2. The van der Waals surface area contributed by atoms with Crippen LogP contribution in [0.4, 0.5) is 16.2 Å². The van der Waals surface area contributed by atoms with Crippen molar-refractivity contribution in [3.63, 3.8) is 0 Å².